The van der Waals surface area contributed by atoms with Gasteiger partial charge in [-0.3, -0.25) is 14.4 Å². The average molecular weight is 343 g/mol. The Labute approximate surface area is 145 Å². The molecule has 0 saturated heterocycles. The first-order valence-corrected chi connectivity index (χ1v) is 8.23. The van der Waals surface area contributed by atoms with Crippen molar-refractivity contribution >= 4 is 11.8 Å². The lowest BCUT2D eigenvalue weighted by Gasteiger charge is -2.35. The Kier molecular flexibility index (Phi) is 4.14. The molecule has 6 nitrogen and oxygen atoms in total. The molecule has 2 heterocycles. The van der Waals surface area contributed by atoms with Crippen LogP contribution in [0.5, 0.6) is 5.75 Å². The quantitative estimate of drug-likeness (QED) is 0.798. The van der Waals surface area contributed by atoms with Crippen LogP contribution in [0.25, 0.3) is 11.1 Å². The summed E-state index contributed by atoms with van der Waals surface area (Å²) in [6, 6.07) is 4.81. The van der Waals surface area contributed by atoms with Gasteiger partial charge in [-0.25, -0.2) is 0 Å². The number of nitrogens with zero attached hydrogens (tertiary/aromatic N) is 1. The highest BCUT2D eigenvalue weighted by atomic mass is 16.5. The van der Waals surface area contributed by atoms with E-state index in [2.05, 4.69) is 4.74 Å². The number of benzene rings is 1. The van der Waals surface area contributed by atoms with Crippen LogP contribution in [0, 0.1) is 6.92 Å². The summed E-state index contributed by atoms with van der Waals surface area (Å²) in [7, 11) is 1.36. The first-order valence-electron chi connectivity index (χ1n) is 8.23. The highest BCUT2D eigenvalue weighted by Crippen LogP contribution is 2.42. The molecule has 0 unspecified atom stereocenters. The molecule has 3 rings (SSSR count). The number of aromatic nitrogens is 1. The molecule has 0 amide bonds. The van der Waals surface area contributed by atoms with Crippen LogP contribution in [0.4, 0.5) is 0 Å². The SMILES string of the molecule is COC(=O)CCCn1c(C)cc2cc(=O)cc3c-2c1C(=O)C(C)(C)O3. The molecular weight excluding hydrogens is 322 g/mol. The van der Waals surface area contributed by atoms with Crippen molar-refractivity contribution in [3.63, 3.8) is 0 Å². The lowest BCUT2D eigenvalue weighted by molar-refractivity contribution is -0.140. The van der Waals surface area contributed by atoms with E-state index in [0.29, 0.717) is 35.5 Å². The number of methoxy groups -OCH3 is 1. The molecule has 132 valence electrons. The number of aryl methyl sites for hydroxylation is 1. The third-order valence-corrected chi connectivity index (χ3v) is 4.52. The fourth-order valence-electron chi connectivity index (χ4n) is 3.29. The third-order valence-electron chi connectivity index (χ3n) is 4.52. The molecule has 0 saturated carbocycles. The minimum atomic E-state index is -1.05. The molecular formula is C19H21NO5. The molecule has 0 radical (unpaired) electrons. The Morgan fingerprint density at radius 3 is 2.64 bits per heavy atom. The van der Waals surface area contributed by atoms with E-state index < -0.39 is 5.60 Å². The van der Waals surface area contributed by atoms with Crippen LogP contribution < -0.4 is 10.2 Å². The van der Waals surface area contributed by atoms with Crippen molar-refractivity contribution in [2.45, 2.75) is 45.8 Å². The molecule has 0 bridgehead atoms. The first kappa shape index (κ1) is 17.2. The number of pyridine rings is 1. The van der Waals surface area contributed by atoms with Gasteiger partial charge in [0.2, 0.25) is 5.78 Å². The molecule has 0 aromatic rings. The van der Waals surface area contributed by atoms with Gasteiger partial charge in [0, 0.05) is 24.7 Å². The van der Waals surface area contributed by atoms with Crippen molar-refractivity contribution in [2.75, 3.05) is 7.11 Å². The summed E-state index contributed by atoms with van der Waals surface area (Å²) in [4.78, 5) is 36.3. The van der Waals surface area contributed by atoms with Gasteiger partial charge in [0.25, 0.3) is 0 Å². The van der Waals surface area contributed by atoms with E-state index in [1.54, 1.807) is 13.8 Å². The molecule has 0 aromatic carbocycles. The first-order chi connectivity index (χ1) is 11.7. The zero-order valence-corrected chi connectivity index (χ0v) is 14.8. The lowest BCUT2D eigenvalue weighted by Crippen LogP contribution is -2.43. The monoisotopic (exact) mass is 343 g/mol. The van der Waals surface area contributed by atoms with Crippen LogP contribution in [0.3, 0.4) is 0 Å². The fourth-order valence-corrected chi connectivity index (χ4v) is 3.29. The van der Waals surface area contributed by atoms with Gasteiger partial charge < -0.3 is 14.0 Å². The summed E-state index contributed by atoms with van der Waals surface area (Å²) >= 11 is 0. The number of rotatable bonds is 4. The largest absolute Gasteiger partial charge is 0.479 e. The molecule has 6 heteroatoms. The maximum atomic E-state index is 13.0. The van der Waals surface area contributed by atoms with Gasteiger partial charge in [-0.05, 0) is 44.9 Å². The van der Waals surface area contributed by atoms with E-state index in [-0.39, 0.29) is 23.6 Å². The van der Waals surface area contributed by atoms with Crippen LogP contribution >= 0.6 is 0 Å². The molecule has 2 aliphatic heterocycles. The van der Waals surface area contributed by atoms with E-state index in [1.165, 1.54) is 19.2 Å². The van der Waals surface area contributed by atoms with E-state index >= 15 is 0 Å². The van der Waals surface area contributed by atoms with Crippen molar-refractivity contribution in [1.29, 1.82) is 0 Å². The van der Waals surface area contributed by atoms with Crippen molar-refractivity contribution < 1.29 is 19.1 Å². The minimum absolute atomic E-state index is 0.134. The van der Waals surface area contributed by atoms with Gasteiger partial charge in [-0.2, -0.15) is 0 Å². The van der Waals surface area contributed by atoms with Gasteiger partial charge in [0.05, 0.1) is 12.7 Å². The maximum Gasteiger partial charge on any atom is 0.305 e. The predicted octanol–water partition coefficient (Wildman–Crippen LogP) is 2.57. The number of hydrogen-bond acceptors (Lipinski definition) is 5. The summed E-state index contributed by atoms with van der Waals surface area (Å²) in [5, 5.41) is 0. The van der Waals surface area contributed by atoms with Crippen LogP contribution in [-0.2, 0) is 16.1 Å². The Balaban J connectivity index is 2.16. The fraction of sp³-hybridized carbons (Fsp3) is 0.421. The number of ether oxygens (including phenoxy) is 2. The molecule has 0 spiro atoms. The molecule has 0 fully saturated rings. The summed E-state index contributed by atoms with van der Waals surface area (Å²) in [6.45, 7) is 5.79. The Morgan fingerprint density at radius 2 is 1.96 bits per heavy atom. The number of hydrogen-bond donors (Lipinski definition) is 0. The Morgan fingerprint density at radius 1 is 1.24 bits per heavy atom. The number of carbonyl (C=O) groups excluding carboxylic acids is 2. The second-order valence-corrected chi connectivity index (χ2v) is 6.79. The Hall–Kier alpha value is -2.63. The molecule has 1 aliphatic carbocycles. The van der Waals surface area contributed by atoms with Gasteiger partial charge in [-0.15, -0.1) is 0 Å². The second kappa shape index (κ2) is 6.02. The van der Waals surface area contributed by atoms with E-state index in [4.69, 9.17) is 4.74 Å². The predicted molar refractivity (Wildman–Crippen MR) is 92.3 cm³/mol. The molecule has 0 atom stereocenters. The molecule has 0 aromatic heterocycles. The van der Waals surface area contributed by atoms with E-state index in [9.17, 15) is 14.4 Å². The highest BCUT2D eigenvalue weighted by Gasteiger charge is 2.41. The van der Waals surface area contributed by atoms with Gasteiger partial charge >= 0.3 is 5.97 Å². The highest BCUT2D eigenvalue weighted by molar-refractivity contribution is 6.09. The molecule has 0 N–H and O–H groups in total. The third kappa shape index (κ3) is 2.92. The van der Waals surface area contributed by atoms with Crippen LogP contribution in [-0.4, -0.2) is 29.0 Å². The summed E-state index contributed by atoms with van der Waals surface area (Å²) in [5.74, 6) is 0.0218. The number of esters is 1. The zero-order chi connectivity index (χ0) is 18.4. The smallest absolute Gasteiger partial charge is 0.305 e. The number of carbonyl (C=O) groups is 2. The topological polar surface area (TPSA) is 74.6 Å². The zero-order valence-electron chi connectivity index (χ0n) is 14.8. The second-order valence-electron chi connectivity index (χ2n) is 6.79. The standard InChI is InChI=1S/C19H21NO5/c1-11-8-12-9-13(21)10-14-16(12)17(18(23)19(2,3)25-14)20(11)7-5-6-15(22)24-4/h8-10H,5-7H2,1-4H3. The summed E-state index contributed by atoms with van der Waals surface area (Å²) in [6.07, 6.45) is 0.834. The Bertz CT molecular complexity index is 894. The van der Waals surface area contributed by atoms with Crippen LogP contribution in [0.2, 0.25) is 0 Å². The van der Waals surface area contributed by atoms with Gasteiger partial charge in [-0.1, -0.05) is 0 Å². The minimum Gasteiger partial charge on any atom is -0.479 e. The number of ketones is 1. The van der Waals surface area contributed by atoms with Crippen LogP contribution in [0.1, 0.15) is 42.9 Å². The maximum absolute atomic E-state index is 13.0. The van der Waals surface area contributed by atoms with Gasteiger partial charge in [0.1, 0.15) is 11.4 Å². The van der Waals surface area contributed by atoms with E-state index in [1.807, 2.05) is 17.6 Å². The average Bonchev–Trinajstić information content (AvgIpc) is 2.52. The van der Waals surface area contributed by atoms with Crippen molar-refractivity contribution in [1.82, 2.24) is 4.57 Å². The summed E-state index contributed by atoms with van der Waals surface area (Å²) < 4.78 is 12.4. The normalized spacial score (nSPS) is 15.1. The van der Waals surface area contributed by atoms with Crippen LogP contribution in [0.15, 0.2) is 23.0 Å². The van der Waals surface area contributed by atoms with E-state index in [0.717, 1.165) is 5.69 Å². The van der Waals surface area contributed by atoms with Crippen molar-refractivity contribution in [3.05, 3.63) is 39.8 Å². The molecule has 3 aliphatic rings. The summed E-state index contributed by atoms with van der Waals surface area (Å²) in [5.41, 5.74) is 1.55. The molecule has 25 heavy (non-hydrogen) atoms. The van der Waals surface area contributed by atoms with Crippen molar-refractivity contribution in [3.8, 4) is 16.9 Å². The van der Waals surface area contributed by atoms with Crippen molar-refractivity contribution in [2.24, 2.45) is 0 Å². The lowest BCUT2D eigenvalue weighted by atomic mass is 9.88. The van der Waals surface area contributed by atoms with Gasteiger partial charge in [0.15, 0.2) is 11.0 Å². The number of Topliss-reactive ketones (excluding diaryl/α,β-unsaturated/α-hetero) is 1.